The molecule has 0 aromatic carbocycles. The quantitative estimate of drug-likeness (QED) is 0.683. The van der Waals surface area contributed by atoms with E-state index in [0.717, 1.165) is 11.8 Å². The third-order valence-electron chi connectivity index (χ3n) is 3.51. The van der Waals surface area contributed by atoms with E-state index in [2.05, 4.69) is 11.8 Å². The highest BCUT2D eigenvalue weighted by atomic mass is 15.2. The molecule has 0 radical (unpaired) electrons. The van der Waals surface area contributed by atoms with Crippen molar-refractivity contribution in [2.45, 2.75) is 32.2 Å². The number of fused-ring (bicyclic) bond motifs is 2. The van der Waals surface area contributed by atoms with E-state index in [1.54, 1.807) is 0 Å². The van der Waals surface area contributed by atoms with Crippen molar-refractivity contribution in [3.8, 4) is 0 Å². The van der Waals surface area contributed by atoms with Crippen LogP contribution >= 0.6 is 0 Å². The molecule has 3 rings (SSSR count). The van der Waals surface area contributed by atoms with Gasteiger partial charge in [-0.25, -0.2) is 0 Å². The number of rotatable bonds is 3. The molecule has 1 unspecified atom stereocenters. The second-order valence-corrected chi connectivity index (χ2v) is 4.45. The smallest absolute Gasteiger partial charge is 0.0120 e. The summed E-state index contributed by atoms with van der Waals surface area (Å²) in [5, 5.41) is 0. The van der Waals surface area contributed by atoms with E-state index in [-0.39, 0.29) is 0 Å². The summed E-state index contributed by atoms with van der Waals surface area (Å²) in [6, 6.07) is 0.544. The van der Waals surface area contributed by atoms with E-state index in [4.69, 9.17) is 5.73 Å². The molecule has 3 aliphatic rings. The van der Waals surface area contributed by atoms with Crippen LogP contribution in [0.3, 0.4) is 0 Å². The van der Waals surface area contributed by atoms with Gasteiger partial charge in [0.15, 0.2) is 0 Å². The standard InChI is InChI=1S/C10H20N2/c1-2-3-4-12-6-8-5-9(7-12)10(8)11/h8-10H,2-7,11H2,1H3/t8-,9+,10?. The molecule has 1 aliphatic carbocycles. The molecule has 2 aliphatic heterocycles. The second-order valence-electron chi connectivity index (χ2n) is 4.45. The average molecular weight is 168 g/mol. The third-order valence-corrected chi connectivity index (χ3v) is 3.51. The van der Waals surface area contributed by atoms with Gasteiger partial charge < -0.3 is 10.6 Å². The second kappa shape index (κ2) is 3.35. The van der Waals surface area contributed by atoms with Crippen molar-refractivity contribution in [1.82, 2.24) is 4.90 Å². The van der Waals surface area contributed by atoms with E-state index in [9.17, 15) is 0 Å². The van der Waals surface area contributed by atoms with Crippen LogP contribution in [0.5, 0.6) is 0 Å². The molecule has 70 valence electrons. The molecule has 0 amide bonds. The van der Waals surface area contributed by atoms with E-state index in [1.807, 2.05) is 0 Å². The van der Waals surface area contributed by atoms with Crippen molar-refractivity contribution in [2.24, 2.45) is 17.6 Å². The number of nitrogens with two attached hydrogens (primary N) is 1. The molecule has 2 bridgehead atoms. The fraction of sp³-hybridized carbons (Fsp3) is 1.00. The summed E-state index contributed by atoms with van der Waals surface area (Å²) < 4.78 is 0. The van der Waals surface area contributed by atoms with Gasteiger partial charge >= 0.3 is 0 Å². The van der Waals surface area contributed by atoms with Crippen molar-refractivity contribution in [3.05, 3.63) is 0 Å². The first kappa shape index (κ1) is 8.52. The normalized spacial score (nSPS) is 41.0. The van der Waals surface area contributed by atoms with Crippen LogP contribution in [0.25, 0.3) is 0 Å². The molecule has 2 nitrogen and oxygen atoms in total. The van der Waals surface area contributed by atoms with Gasteiger partial charge in [-0.15, -0.1) is 0 Å². The van der Waals surface area contributed by atoms with Crippen molar-refractivity contribution >= 4 is 0 Å². The molecule has 2 N–H and O–H groups in total. The summed E-state index contributed by atoms with van der Waals surface area (Å²) in [5.41, 5.74) is 5.99. The Morgan fingerprint density at radius 3 is 2.50 bits per heavy atom. The van der Waals surface area contributed by atoms with Crippen LogP contribution in [-0.2, 0) is 0 Å². The van der Waals surface area contributed by atoms with Crippen LogP contribution in [-0.4, -0.2) is 30.6 Å². The van der Waals surface area contributed by atoms with Crippen LogP contribution in [0, 0.1) is 11.8 Å². The van der Waals surface area contributed by atoms with E-state index >= 15 is 0 Å². The highest BCUT2D eigenvalue weighted by molar-refractivity contribution is 4.99. The Hall–Kier alpha value is -0.0800. The summed E-state index contributed by atoms with van der Waals surface area (Å²) in [6.45, 7) is 6.11. The van der Waals surface area contributed by atoms with Crippen LogP contribution in [0.15, 0.2) is 0 Å². The Kier molecular flexibility index (Phi) is 2.37. The molecule has 0 spiro atoms. The first-order valence-corrected chi connectivity index (χ1v) is 5.29. The Morgan fingerprint density at radius 1 is 1.33 bits per heavy atom. The Balaban J connectivity index is 1.75. The predicted octanol–water partition coefficient (Wildman–Crippen LogP) is 1.07. The van der Waals surface area contributed by atoms with Crippen LogP contribution in [0.4, 0.5) is 0 Å². The molecule has 0 aromatic rings. The Labute approximate surface area is 75.1 Å². The summed E-state index contributed by atoms with van der Waals surface area (Å²) in [7, 11) is 0. The van der Waals surface area contributed by atoms with Gasteiger partial charge in [-0.3, -0.25) is 0 Å². The minimum atomic E-state index is 0.544. The van der Waals surface area contributed by atoms with Crippen molar-refractivity contribution in [3.63, 3.8) is 0 Å². The van der Waals surface area contributed by atoms with E-state index in [0.29, 0.717) is 6.04 Å². The zero-order valence-electron chi connectivity index (χ0n) is 8.00. The predicted molar refractivity (Wildman–Crippen MR) is 50.9 cm³/mol. The molecule has 12 heavy (non-hydrogen) atoms. The summed E-state index contributed by atoms with van der Waals surface area (Å²) in [6.07, 6.45) is 4.08. The molecule has 1 saturated carbocycles. The highest BCUT2D eigenvalue weighted by Crippen LogP contribution is 2.38. The Morgan fingerprint density at radius 2 is 2.00 bits per heavy atom. The van der Waals surface area contributed by atoms with Gasteiger partial charge in [0, 0.05) is 19.1 Å². The van der Waals surface area contributed by atoms with Gasteiger partial charge in [0.25, 0.3) is 0 Å². The molecule has 2 heterocycles. The zero-order valence-corrected chi connectivity index (χ0v) is 8.00. The topological polar surface area (TPSA) is 29.3 Å². The maximum absolute atomic E-state index is 5.99. The lowest BCUT2D eigenvalue weighted by molar-refractivity contribution is 0.00243. The SMILES string of the molecule is CCCCN1C[C@H]2C[C@@H](C1)C2N. The van der Waals surface area contributed by atoms with Crippen molar-refractivity contribution in [2.75, 3.05) is 19.6 Å². The van der Waals surface area contributed by atoms with E-state index < -0.39 is 0 Å². The van der Waals surface area contributed by atoms with Crippen LogP contribution in [0.1, 0.15) is 26.2 Å². The average Bonchev–Trinajstić information content (AvgIpc) is 2.14. The fourth-order valence-electron chi connectivity index (χ4n) is 2.59. The van der Waals surface area contributed by atoms with Gasteiger partial charge in [0.2, 0.25) is 0 Å². The molecule has 3 fully saturated rings. The molecule has 2 saturated heterocycles. The molecular formula is C10H20N2. The molecule has 2 heteroatoms. The van der Waals surface area contributed by atoms with Gasteiger partial charge in [0.05, 0.1) is 0 Å². The highest BCUT2D eigenvalue weighted by Gasteiger charge is 2.43. The minimum absolute atomic E-state index is 0.544. The number of nitrogens with zero attached hydrogens (tertiary/aromatic N) is 1. The lowest BCUT2D eigenvalue weighted by Crippen LogP contribution is -2.61. The Bertz CT molecular complexity index is 146. The number of hydrogen-bond acceptors (Lipinski definition) is 2. The minimum Gasteiger partial charge on any atom is -0.327 e. The number of piperidine rings is 2. The van der Waals surface area contributed by atoms with Crippen LogP contribution < -0.4 is 5.73 Å². The monoisotopic (exact) mass is 168 g/mol. The molecule has 0 aromatic heterocycles. The number of hydrogen-bond donors (Lipinski definition) is 1. The van der Waals surface area contributed by atoms with E-state index in [1.165, 1.54) is 38.9 Å². The van der Waals surface area contributed by atoms with Gasteiger partial charge in [-0.05, 0) is 31.2 Å². The number of unbranched alkanes of at least 4 members (excludes halogenated alkanes) is 1. The van der Waals surface area contributed by atoms with Crippen molar-refractivity contribution in [1.29, 1.82) is 0 Å². The van der Waals surface area contributed by atoms with Gasteiger partial charge in [-0.1, -0.05) is 13.3 Å². The maximum atomic E-state index is 5.99. The summed E-state index contributed by atoms with van der Waals surface area (Å²) in [5.74, 6) is 1.67. The van der Waals surface area contributed by atoms with Crippen LogP contribution in [0.2, 0.25) is 0 Å². The fourth-order valence-corrected chi connectivity index (χ4v) is 2.59. The maximum Gasteiger partial charge on any atom is 0.0120 e. The van der Waals surface area contributed by atoms with Gasteiger partial charge in [0.1, 0.15) is 0 Å². The lowest BCUT2D eigenvalue weighted by Gasteiger charge is -2.52. The largest absolute Gasteiger partial charge is 0.327 e. The zero-order chi connectivity index (χ0) is 8.55. The van der Waals surface area contributed by atoms with Gasteiger partial charge in [-0.2, -0.15) is 0 Å². The summed E-state index contributed by atoms with van der Waals surface area (Å²) >= 11 is 0. The van der Waals surface area contributed by atoms with Crippen molar-refractivity contribution < 1.29 is 0 Å². The summed E-state index contributed by atoms with van der Waals surface area (Å²) in [4.78, 5) is 2.60. The molecule has 3 atom stereocenters. The third kappa shape index (κ3) is 1.38. The lowest BCUT2D eigenvalue weighted by atomic mass is 9.67. The first-order valence-electron chi connectivity index (χ1n) is 5.29. The first-order chi connectivity index (χ1) is 5.81. The molecular weight excluding hydrogens is 148 g/mol.